The van der Waals surface area contributed by atoms with Crippen LogP contribution in [-0.4, -0.2) is 25.8 Å². The second-order valence-corrected chi connectivity index (χ2v) is 5.68. The van der Waals surface area contributed by atoms with E-state index >= 15 is 0 Å². The summed E-state index contributed by atoms with van der Waals surface area (Å²) < 4.78 is 11.5. The van der Waals surface area contributed by atoms with Crippen LogP contribution in [0.4, 0.5) is 0 Å². The topological polar surface area (TPSA) is 59.9 Å². The number of carbonyl (C=O) groups excluding carboxylic acids is 1. The molecule has 0 atom stereocenters. The van der Waals surface area contributed by atoms with E-state index in [0.717, 1.165) is 21.3 Å². The van der Waals surface area contributed by atoms with Crippen molar-refractivity contribution in [3.8, 4) is 11.5 Å². The average Bonchev–Trinajstić information content (AvgIpc) is 2.54. The normalized spacial score (nSPS) is 10.6. The number of amides is 1. The maximum atomic E-state index is 11.7. The number of ether oxygens (including phenoxy) is 2. The predicted octanol–water partition coefficient (Wildman–Crippen LogP) is 3.30. The molecule has 0 aromatic heterocycles. The third-order valence-electron chi connectivity index (χ3n) is 3.01. The molecule has 120 valence electrons. The maximum absolute atomic E-state index is 11.7. The van der Waals surface area contributed by atoms with Crippen molar-refractivity contribution in [1.29, 1.82) is 0 Å². The first-order chi connectivity index (χ1) is 11.1. The molecule has 2 rings (SSSR count). The Hall–Kier alpha value is -2.34. The minimum Gasteiger partial charge on any atom is -0.497 e. The number of nitrogens with zero attached hydrogens (tertiary/aromatic N) is 1. The van der Waals surface area contributed by atoms with E-state index in [9.17, 15) is 4.79 Å². The van der Waals surface area contributed by atoms with Gasteiger partial charge in [0.15, 0.2) is 6.61 Å². The highest BCUT2D eigenvalue weighted by molar-refractivity contribution is 9.10. The Morgan fingerprint density at radius 3 is 2.65 bits per heavy atom. The van der Waals surface area contributed by atoms with Crippen LogP contribution in [0.2, 0.25) is 0 Å². The van der Waals surface area contributed by atoms with Gasteiger partial charge in [-0.05, 0) is 60.5 Å². The predicted molar refractivity (Wildman–Crippen MR) is 93.1 cm³/mol. The van der Waals surface area contributed by atoms with Gasteiger partial charge in [-0.1, -0.05) is 15.9 Å². The molecule has 0 saturated carbocycles. The van der Waals surface area contributed by atoms with Gasteiger partial charge in [0.1, 0.15) is 11.5 Å². The van der Waals surface area contributed by atoms with Gasteiger partial charge in [0.25, 0.3) is 5.91 Å². The van der Waals surface area contributed by atoms with Gasteiger partial charge in [-0.15, -0.1) is 0 Å². The molecule has 1 amide bonds. The van der Waals surface area contributed by atoms with Crippen molar-refractivity contribution in [2.75, 3.05) is 13.7 Å². The number of nitrogens with one attached hydrogen (secondary N) is 1. The van der Waals surface area contributed by atoms with Crippen LogP contribution >= 0.6 is 15.9 Å². The quantitative estimate of drug-likeness (QED) is 0.621. The molecular weight excluding hydrogens is 360 g/mol. The zero-order valence-electron chi connectivity index (χ0n) is 12.9. The number of methoxy groups -OCH3 is 1. The van der Waals surface area contributed by atoms with Gasteiger partial charge in [-0.2, -0.15) is 5.10 Å². The number of benzene rings is 2. The average molecular weight is 377 g/mol. The molecule has 0 saturated heterocycles. The Balaban J connectivity index is 1.81. The number of hydrogen-bond acceptors (Lipinski definition) is 4. The zero-order valence-corrected chi connectivity index (χ0v) is 14.5. The lowest BCUT2D eigenvalue weighted by Crippen LogP contribution is -2.24. The summed E-state index contributed by atoms with van der Waals surface area (Å²) in [7, 11) is 1.61. The summed E-state index contributed by atoms with van der Waals surface area (Å²) in [6.07, 6.45) is 1.56. The summed E-state index contributed by atoms with van der Waals surface area (Å²) in [6, 6.07) is 12.9. The summed E-state index contributed by atoms with van der Waals surface area (Å²) in [5, 5.41) is 3.89. The summed E-state index contributed by atoms with van der Waals surface area (Å²) in [4.78, 5) is 11.7. The molecule has 2 aromatic rings. The van der Waals surface area contributed by atoms with Crippen molar-refractivity contribution >= 4 is 28.1 Å². The molecular formula is C17H17BrN2O3. The molecule has 0 unspecified atom stereocenters. The molecule has 6 heteroatoms. The zero-order chi connectivity index (χ0) is 16.7. The van der Waals surface area contributed by atoms with E-state index in [1.54, 1.807) is 13.3 Å². The van der Waals surface area contributed by atoms with Crippen molar-refractivity contribution in [2.24, 2.45) is 5.10 Å². The number of hydrogen-bond donors (Lipinski definition) is 1. The lowest BCUT2D eigenvalue weighted by atomic mass is 10.2. The molecule has 23 heavy (non-hydrogen) atoms. The Kier molecular flexibility index (Phi) is 6.17. The van der Waals surface area contributed by atoms with Crippen LogP contribution in [0.1, 0.15) is 11.1 Å². The van der Waals surface area contributed by atoms with E-state index in [0.29, 0.717) is 5.75 Å². The Labute approximate surface area is 143 Å². The first-order valence-corrected chi connectivity index (χ1v) is 7.72. The van der Waals surface area contributed by atoms with Crippen molar-refractivity contribution in [1.82, 2.24) is 5.43 Å². The minimum absolute atomic E-state index is 0.0948. The molecule has 0 heterocycles. The molecule has 0 fully saturated rings. The fourth-order valence-corrected chi connectivity index (χ4v) is 2.29. The van der Waals surface area contributed by atoms with Crippen LogP contribution in [0.3, 0.4) is 0 Å². The molecule has 0 radical (unpaired) electrons. The van der Waals surface area contributed by atoms with E-state index in [1.807, 2.05) is 49.4 Å². The maximum Gasteiger partial charge on any atom is 0.277 e. The summed E-state index contributed by atoms with van der Waals surface area (Å²) in [5.74, 6) is 1.11. The fourth-order valence-electron chi connectivity index (χ4n) is 1.82. The minimum atomic E-state index is -0.322. The van der Waals surface area contributed by atoms with E-state index < -0.39 is 0 Å². The highest BCUT2D eigenvalue weighted by Crippen LogP contribution is 2.21. The number of halogens is 1. The molecule has 5 nitrogen and oxygen atoms in total. The third kappa shape index (κ3) is 5.41. The SMILES string of the molecule is COc1ccc(/C=N/NC(=O)COc2ccc(Br)cc2C)cc1. The molecule has 0 aliphatic heterocycles. The Bertz CT molecular complexity index is 699. The lowest BCUT2D eigenvalue weighted by molar-refractivity contribution is -0.123. The third-order valence-corrected chi connectivity index (χ3v) is 3.51. The van der Waals surface area contributed by atoms with E-state index in [1.165, 1.54) is 0 Å². The van der Waals surface area contributed by atoms with Crippen molar-refractivity contribution < 1.29 is 14.3 Å². The van der Waals surface area contributed by atoms with E-state index in [2.05, 4.69) is 26.5 Å². The van der Waals surface area contributed by atoms with Gasteiger partial charge < -0.3 is 9.47 Å². The van der Waals surface area contributed by atoms with Gasteiger partial charge in [0, 0.05) is 4.47 Å². The van der Waals surface area contributed by atoms with Gasteiger partial charge in [0.2, 0.25) is 0 Å². The highest BCUT2D eigenvalue weighted by Gasteiger charge is 2.04. The second kappa shape index (κ2) is 8.33. The first kappa shape index (κ1) is 17.0. The van der Waals surface area contributed by atoms with Crippen molar-refractivity contribution in [3.63, 3.8) is 0 Å². The molecule has 0 spiro atoms. The summed E-state index contributed by atoms with van der Waals surface area (Å²) in [5.41, 5.74) is 4.24. The second-order valence-electron chi connectivity index (χ2n) is 4.76. The number of carbonyl (C=O) groups is 1. The summed E-state index contributed by atoms with van der Waals surface area (Å²) in [6.45, 7) is 1.82. The standard InChI is InChI=1S/C17H17BrN2O3/c1-12-9-14(18)5-8-16(12)23-11-17(21)20-19-10-13-3-6-15(22-2)7-4-13/h3-10H,11H2,1-2H3,(H,20,21)/b19-10+. The number of hydrazone groups is 1. The largest absolute Gasteiger partial charge is 0.497 e. The number of aryl methyl sites for hydroxylation is 1. The van der Waals surface area contributed by atoms with Gasteiger partial charge in [-0.25, -0.2) is 5.43 Å². The molecule has 0 aliphatic carbocycles. The molecule has 0 aliphatic rings. The van der Waals surface area contributed by atoms with Crippen LogP contribution in [0, 0.1) is 6.92 Å². The van der Waals surface area contributed by atoms with E-state index in [-0.39, 0.29) is 12.5 Å². The highest BCUT2D eigenvalue weighted by atomic mass is 79.9. The van der Waals surface area contributed by atoms with Gasteiger partial charge in [0.05, 0.1) is 13.3 Å². The molecule has 2 aromatic carbocycles. The van der Waals surface area contributed by atoms with Crippen molar-refractivity contribution in [2.45, 2.75) is 6.92 Å². The van der Waals surface area contributed by atoms with Crippen LogP contribution in [0.15, 0.2) is 52.0 Å². The van der Waals surface area contributed by atoms with E-state index in [4.69, 9.17) is 9.47 Å². The Morgan fingerprint density at radius 1 is 1.26 bits per heavy atom. The van der Waals surface area contributed by atoms with Gasteiger partial charge in [-0.3, -0.25) is 4.79 Å². The fraction of sp³-hybridized carbons (Fsp3) is 0.176. The number of rotatable bonds is 6. The Morgan fingerprint density at radius 2 is 2.00 bits per heavy atom. The molecule has 1 N–H and O–H groups in total. The van der Waals surface area contributed by atoms with Crippen LogP contribution in [-0.2, 0) is 4.79 Å². The van der Waals surface area contributed by atoms with Crippen molar-refractivity contribution in [3.05, 3.63) is 58.1 Å². The van der Waals surface area contributed by atoms with Crippen LogP contribution in [0.25, 0.3) is 0 Å². The summed E-state index contributed by atoms with van der Waals surface area (Å²) >= 11 is 3.38. The first-order valence-electron chi connectivity index (χ1n) is 6.93. The molecule has 0 bridgehead atoms. The lowest BCUT2D eigenvalue weighted by Gasteiger charge is -2.08. The smallest absolute Gasteiger partial charge is 0.277 e. The van der Waals surface area contributed by atoms with Gasteiger partial charge >= 0.3 is 0 Å². The van der Waals surface area contributed by atoms with Crippen LogP contribution < -0.4 is 14.9 Å². The van der Waals surface area contributed by atoms with Crippen LogP contribution in [0.5, 0.6) is 11.5 Å². The monoisotopic (exact) mass is 376 g/mol.